The summed E-state index contributed by atoms with van der Waals surface area (Å²) in [6, 6.07) is 12.1. The smallest absolute Gasteiger partial charge is 0.261 e. The van der Waals surface area contributed by atoms with Gasteiger partial charge >= 0.3 is 0 Å². The number of carbonyl (C=O) groups excluding carboxylic acids is 1. The monoisotopic (exact) mass is 444 g/mol. The molecule has 6 nitrogen and oxygen atoms in total. The van der Waals surface area contributed by atoms with Crippen molar-refractivity contribution in [3.63, 3.8) is 0 Å². The van der Waals surface area contributed by atoms with Crippen LogP contribution in [0.4, 0.5) is 0 Å². The molecule has 156 valence electrons. The molecule has 3 aromatic rings. The number of nitrogens with zero attached hydrogens (tertiary/aromatic N) is 4. The number of fused-ring (bicyclic) bond motifs is 1. The molecule has 1 aliphatic rings. The Morgan fingerprint density at radius 2 is 1.77 bits per heavy atom. The van der Waals surface area contributed by atoms with Crippen LogP contribution in [0.3, 0.4) is 0 Å². The maximum atomic E-state index is 12.8. The molecule has 0 aliphatic carbocycles. The van der Waals surface area contributed by atoms with Crippen LogP contribution in [0.5, 0.6) is 0 Å². The molecule has 1 saturated heterocycles. The Bertz CT molecular complexity index is 1170. The Hall–Kier alpha value is -2.41. The van der Waals surface area contributed by atoms with E-state index < -0.39 is 0 Å². The average molecular weight is 445 g/mol. The number of piperazine rings is 1. The molecule has 1 unspecified atom stereocenters. The highest BCUT2D eigenvalue weighted by molar-refractivity contribution is 6.33. The van der Waals surface area contributed by atoms with Crippen molar-refractivity contribution < 1.29 is 4.79 Å². The van der Waals surface area contributed by atoms with Gasteiger partial charge in [0.05, 0.1) is 27.5 Å². The minimum atomic E-state index is -0.0916. The fourth-order valence-corrected chi connectivity index (χ4v) is 4.30. The van der Waals surface area contributed by atoms with Crippen molar-refractivity contribution in [1.29, 1.82) is 0 Å². The predicted octanol–water partition coefficient (Wildman–Crippen LogP) is 3.76. The second-order valence-corrected chi connectivity index (χ2v) is 8.32. The van der Waals surface area contributed by atoms with Gasteiger partial charge in [-0.3, -0.25) is 19.1 Å². The van der Waals surface area contributed by atoms with Gasteiger partial charge in [-0.15, -0.1) is 0 Å². The zero-order chi connectivity index (χ0) is 21.4. The van der Waals surface area contributed by atoms with Crippen LogP contribution in [0.1, 0.15) is 29.1 Å². The number of amides is 1. The molecule has 0 bridgehead atoms. The second-order valence-electron chi connectivity index (χ2n) is 7.48. The van der Waals surface area contributed by atoms with Crippen molar-refractivity contribution in [3.05, 3.63) is 74.3 Å². The van der Waals surface area contributed by atoms with Crippen LogP contribution in [0, 0.1) is 0 Å². The van der Waals surface area contributed by atoms with E-state index in [-0.39, 0.29) is 17.5 Å². The highest BCUT2D eigenvalue weighted by Gasteiger charge is 2.28. The van der Waals surface area contributed by atoms with Crippen LogP contribution in [0.2, 0.25) is 10.0 Å². The van der Waals surface area contributed by atoms with Crippen molar-refractivity contribution in [2.75, 3.05) is 26.2 Å². The maximum Gasteiger partial charge on any atom is 0.261 e. The molecule has 0 N–H and O–H groups in total. The van der Waals surface area contributed by atoms with E-state index in [1.165, 1.54) is 0 Å². The average Bonchev–Trinajstić information content (AvgIpc) is 2.75. The van der Waals surface area contributed by atoms with Gasteiger partial charge in [-0.2, -0.15) is 0 Å². The first-order chi connectivity index (χ1) is 14.4. The highest BCUT2D eigenvalue weighted by Crippen LogP contribution is 2.24. The Kier molecular flexibility index (Phi) is 5.82. The molecule has 1 aliphatic heterocycles. The third-order valence-corrected chi connectivity index (χ3v) is 6.27. The SMILES string of the molecule is CC(c1nc2cc(Cl)ccc2c(=O)n1C)N1CCN(C(=O)c2ccccc2Cl)CC1. The van der Waals surface area contributed by atoms with Crippen LogP contribution in [0.15, 0.2) is 47.3 Å². The number of rotatable bonds is 3. The molecular weight excluding hydrogens is 423 g/mol. The largest absolute Gasteiger partial charge is 0.336 e. The number of benzene rings is 2. The van der Waals surface area contributed by atoms with Crippen molar-refractivity contribution in [2.24, 2.45) is 7.05 Å². The molecular formula is C22H22Cl2N4O2. The lowest BCUT2D eigenvalue weighted by Crippen LogP contribution is -2.50. The standard InChI is InChI=1S/C22H22Cl2N4O2/c1-14(20-25-19-13-15(23)7-8-17(19)21(29)26(20)2)27-9-11-28(12-10-27)22(30)16-5-3-4-6-18(16)24/h3-8,13-14H,9-12H2,1-2H3. The summed E-state index contributed by atoms with van der Waals surface area (Å²) in [6.45, 7) is 4.56. The summed E-state index contributed by atoms with van der Waals surface area (Å²) in [6.07, 6.45) is 0. The summed E-state index contributed by atoms with van der Waals surface area (Å²) in [5, 5.41) is 1.56. The predicted molar refractivity (Wildman–Crippen MR) is 119 cm³/mol. The molecule has 1 fully saturated rings. The van der Waals surface area contributed by atoms with Crippen LogP contribution in [-0.4, -0.2) is 51.4 Å². The zero-order valence-corrected chi connectivity index (χ0v) is 18.3. The summed E-state index contributed by atoms with van der Waals surface area (Å²) in [7, 11) is 1.74. The number of hydrogen-bond donors (Lipinski definition) is 0. The number of carbonyl (C=O) groups is 1. The van der Waals surface area contributed by atoms with E-state index in [1.807, 2.05) is 24.0 Å². The van der Waals surface area contributed by atoms with Crippen molar-refractivity contribution in [2.45, 2.75) is 13.0 Å². The number of aromatic nitrogens is 2. The molecule has 2 aromatic carbocycles. The van der Waals surface area contributed by atoms with E-state index >= 15 is 0 Å². The van der Waals surface area contributed by atoms with Crippen LogP contribution in [0.25, 0.3) is 10.9 Å². The summed E-state index contributed by atoms with van der Waals surface area (Å²) in [5.41, 5.74) is 1.03. The van der Waals surface area contributed by atoms with Gasteiger partial charge in [0.2, 0.25) is 0 Å². The van der Waals surface area contributed by atoms with Gasteiger partial charge < -0.3 is 4.90 Å². The lowest BCUT2D eigenvalue weighted by atomic mass is 10.1. The van der Waals surface area contributed by atoms with Gasteiger partial charge in [0.15, 0.2) is 0 Å². The first kappa shape index (κ1) is 20.8. The number of hydrogen-bond acceptors (Lipinski definition) is 4. The fraction of sp³-hybridized carbons (Fsp3) is 0.318. The summed E-state index contributed by atoms with van der Waals surface area (Å²) in [4.78, 5) is 34.3. The van der Waals surface area contributed by atoms with Crippen molar-refractivity contribution >= 4 is 40.0 Å². The summed E-state index contributed by atoms with van der Waals surface area (Å²) in [5.74, 6) is 0.624. The fourth-order valence-electron chi connectivity index (χ4n) is 3.92. The molecule has 2 heterocycles. The first-order valence-electron chi connectivity index (χ1n) is 9.81. The van der Waals surface area contributed by atoms with Crippen LogP contribution >= 0.6 is 23.2 Å². The summed E-state index contributed by atoms with van der Waals surface area (Å²) < 4.78 is 1.60. The van der Waals surface area contributed by atoms with E-state index in [4.69, 9.17) is 28.2 Å². The number of halogens is 2. The molecule has 0 radical (unpaired) electrons. The third kappa shape index (κ3) is 3.83. The minimum absolute atomic E-state index is 0.0567. The zero-order valence-electron chi connectivity index (χ0n) is 16.8. The van der Waals surface area contributed by atoms with E-state index in [0.717, 1.165) is 0 Å². The van der Waals surface area contributed by atoms with Gasteiger partial charge in [-0.1, -0.05) is 35.3 Å². The molecule has 1 atom stereocenters. The lowest BCUT2D eigenvalue weighted by molar-refractivity contribution is 0.0572. The van der Waals surface area contributed by atoms with Gasteiger partial charge in [-0.25, -0.2) is 4.98 Å². The Morgan fingerprint density at radius 1 is 1.07 bits per heavy atom. The lowest BCUT2D eigenvalue weighted by Gasteiger charge is -2.38. The highest BCUT2D eigenvalue weighted by atomic mass is 35.5. The Morgan fingerprint density at radius 3 is 2.47 bits per heavy atom. The first-order valence-corrected chi connectivity index (χ1v) is 10.6. The quantitative estimate of drug-likeness (QED) is 0.616. The molecule has 30 heavy (non-hydrogen) atoms. The normalized spacial score (nSPS) is 16.1. The van der Waals surface area contributed by atoms with Crippen LogP contribution in [-0.2, 0) is 7.05 Å². The van der Waals surface area contributed by atoms with Gasteiger partial charge in [-0.05, 0) is 37.3 Å². The maximum absolute atomic E-state index is 12.8. The molecule has 4 rings (SSSR count). The molecule has 8 heteroatoms. The second kappa shape index (κ2) is 8.38. The topological polar surface area (TPSA) is 58.4 Å². The third-order valence-electron chi connectivity index (χ3n) is 5.70. The van der Waals surface area contributed by atoms with Gasteiger partial charge in [0.25, 0.3) is 11.5 Å². The minimum Gasteiger partial charge on any atom is -0.336 e. The van der Waals surface area contributed by atoms with Crippen molar-refractivity contribution in [1.82, 2.24) is 19.4 Å². The Labute approximate surface area is 184 Å². The van der Waals surface area contributed by atoms with E-state index in [9.17, 15) is 9.59 Å². The molecule has 0 saturated carbocycles. The summed E-state index contributed by atoms with van der Waals surface area (Å²) >= 11 is 12.3. The van der Waals surface area contributed by atoms with E-state index in [1.54, 1.807) is 41.9 Å². The van der Waals surface area contributed by atoms with Gasteiger partial charge in [0, 0.05) is 38.2 Å². The van der Waals surface area contributed by atoms with Crippen molar-refractivity contribution in [3.8, 4) is 0 Å². The van der Waals surface area contributed by atoms with Crippen LogP contribution < -0.4 is 5.56 Å². The van der Waals surface area contributed by atoms with Gasteiger partial charge in [0.1, 0.15) is 5.82 Å². The van der Waals surface area contributed by atoms with E-state index in [2.05, 4.69) is 4.90 Å². The Balaban J connectivity index is 1.53. The molecule has 0 spiro atoms. The molecule has 1 amide bonds. The molecule has 1 aromatic heterocycles. The van der Waals surface area contributed by atoms with E-state index in [0.29, 0.717) is 58.5 Å².